The van der Waals surface area contributed by atoms with Gasteiger partial charge in [-0.2, -0.15) is 0 Å². The summed E-state index contributed by atoms with van der Waals surface area (Å²) >= 11 is 0. The minimum absolute atomic E-state index is 0.313. The summed E-state index contributed by atoms with van der Waals surface area (Å²) in [5.74, 6) is 0.731. The molecular formula is C9H13NO. The van der Waals surface area contributed by atoms with Crippen molar-refractivity contribution in [3.63, 3.8) is 0 Å². The van der Waals surface area contributed by atoms with Crippen LogP contribution in [0.3, 0.4) is 0 Å². The van der Waals surface area contributed by atoms with Gasteiger partial charge in [-0.1, -0.05) is 12.1 Å². The molecule has 1 rings (SSSR count). The van der Waals surface area contributed by atoms with Crippen LogP contribution in [0, 0.1) is 0 Å². The lowest BCUT2D eigenvalue weighted by molar-refractivity contribution is 0.414. The van der Waals surface area contributed by atoms with Gasteiger partial charge in [-0.3, -0.25) is 0 Å². The van der Waals surface area contributed by atoms with Crippen LogP contribution in [-0.2, 0) is 6.54 Å². The molecule has 0 aromatic heterocycles. The van der Waals surface area contributed by atoms with Gasteiger partial charge < -0.3 is 10.1 Å². The van der Waals surface area contributed by atoms with Crippen molar-refractivity contribution >= 4 is 0 Å². The Balaban J connectivity index is 2.59. The lowest BCUT2D eigenvalue weighted by atomic mass is 10.2. The molecule has 2 nitrogen and oxygen atoms in total. The predicted molar refractivity (Wildman–Crippen MR) is 45.8 cm³/mol. The maximum Gasteiger partial charge on any atom is 0.119 e. The van der Waals surface area contributed by atoms with Crippen molar-refractivity contribution < 1.29 is 8.85 Å². The minimum Gasteiger partial charge on any atom is -0.497 e. The van der Waals surface area contributed by atoms with Crippen LogP contribution < -0.4 is 10.1 Å². The van der Waals surface area contributed by atoms with Crippen LogP contribution in [0.15, 0.2) is 24.3 Å². The van der Waals surface area contributed by atoms with Crippen molar-refractivity contribution in [3.8, 4) is 5.75 Å². The molecule has 0 aliphatic heterocycles. The number of rotatable bonds is 3. The Hall–Kier alpha value is -1.02. The molecule has 0 aliphatic rings. The van der Waals surface area contributed by atoms with E-state index >= 15 is 0 Å². The molecule has 0 radical (unpaired) electrons. The van der Waals surface area contributed by atoms with Crippen LogP contribution in [0.2, 0.25) is 0 Å². The van der Waals surface area contributed by atoms with E-state index < -0.39 is 6.98 Å². The fourth-order valence-electron chi connectivity index (χ4n) is 0.884. The first kappa shape index (κ1) is 4.78. The number of hydrogen-bond acceptors (Lipinski definition) is 2. The van der Waals surface area contributed by atoms with Gasteiger partial charge in [0.1, 0.15) is 5.75 Å². The molecule has 2 heteroatoms. The van der Waals surface area contributed by atoms with Crippen LogP contribution in [0.1, 0.15) is 9.68 Å². The van der Waals surface area contributed by atoms with E-state index in [2.05, 4.69) is 5.32 Å². The van der Waals surface area contributed by atoms with Crippen molar-refractivity contribution in [1.82, 2.24) is 5.32 Å². The van der Waals surface area contributed by atoms with Crippen molar-refractivity contribution in [2.45, 2.75) is 6.54 Å². The minimum atomic E-state index is -2.09. The van der Waals surface area contributed by atoms with E-state index in [4.69, 9.17) is 8.85 Å². The van der Waals surface area contributed by atoms with Gasteiger partial charge in [-0.05, 0) is 24.7 Å². The maximum atomic E-state index is 6.97. The monoisotopic (exact) mass is 154 g/mol. The summed E-state index contributed by atoms with van der Waals surface area (Å²) in [5.41, 5.74) is 0.889. The number of methoxy groups -OCH3 is 1. The highest BCUT2D eigenvalue weighted by Crippen LogP contribution is 2.11. The molecule has 60 valence electrons. The van der Waals surface area contributed by atoms with E-state index in [1.54, 1.807) is 13.2 Å². The first-order valence-corrected chi connectivity index (χ1v) is 3.39. The van der Waals surface area contributed by atoms with E-state index in [9.17, 15) is 0 Å². The van der Waals surface area contributed by atoms with E-state index in [-0.39, 0.29) is 0 Å². The molecule has 0 unspecified atom stereocenters. The van der Waals surface area contributed by atoms with Crippen molar-refractivity contribution in [2.75, 3.05) is 14.1 Å². The predicted octanol–water partition coefficient (Wildman–Crippen LogP) is 1.41. The van der Waals surface area contributed by atoms with Gasteiger partial charge in [0.2, 0.25) is 0 Å². The molecule has 0 bridgehead atoms. The third-order valence-corrected chi connectivity index (χ3v) is 1.43. The first-order chi connectivity index (χ1) is 6.51. The van der Waals surface area contributed by atoms with Gasteiger partial charge in [0.25, 0.3) is 0 Å². The van der Waals surface area contributed by atoms with Crippen molar-refractivity contribution in [3.05, 3.63) is 29.8 Å². The zero-order valence-corrected chi connectivity index (χ0v) is 6.42. The lowest BCUT2D eigenvalue weighted by Crippen LogP contribution is -2.04. The van der Waals surface area contributed by atoms with Crippen LogP contribution >= 0.6 is 0 Å². The molecule has 0 saturated carbocycles. The molecular weight excluding hydrogens is 138 g/mol. The highest BCUT2D eigenvalue weighted by atomic mass is 16.5. The summed E-state index contributed by atoms with van der Waals surface area (Å²) in [6.45, 7) is -1.78. The SMILES string of the molecule is [2H]C([2H])([2H])NCc1cccc(OC)c1. The summed E-state index contributed by atoms with van der Waals surface area (Å²) in [5, 5.41) is 2.43. The number of benzene rings is 1. The molecule has 11 heavy (non-hydrogen) atoms. The molecule has 0 atom stereocenters. The van der Waals surface area contributed by atoms with Crippen LogP contribution in [0.5, 0.6) is 5.75 Å². The second kappa shape index (κ2) is 3.98. The van der Waals surface area contributed by atoms with Gasteiger partial charge in [-0.25, -0.2) is 0 Å². The molecule has 0 saturated heterocycles. The average molecular weight is 154 g/mol. The second-order valence-corrected chi connectivity index (χ2v) is 2.21. The molecule has 0 aliphatic carbocycles. The maximum absolute atomic E-state index is 6.97. The second-order valence-electron chi connectivity index (χ2n) is 2.21. The topological polar surface area (TPSA) is 21.3 Å². The smallest absolute Gasteiger partial charge is 0.119 e. The van der Waals surface area contributed by atoms with Gasteiger partial charge in [-0.15, -0.1) is 0 Å². The highest BCUT2D eigenvalue weighted by Gasteiger charge is 1.92. The largest absolute Gasteiger partial charge is 0.497 e. The van der Waals surface area contributed by atoms with Crippen LogP contribution in [0.25, 0.3) is 0 Å². The molecule has 0 spiro atoms. The van der Waals surface area contributed by atoms with Crippen LogP contribution in [0.4, 0.5) is 0 Å². The Kier molecular flexibility index (Phi) is 1.73. The summed E-state index contributed by atoms with van der Waals surface area (Å²) in [6, 6.07) is 7.30. The summed E-state index contributed by atoms with van der Waals surface area (Å²) < 4.78 is 25.9. The summed E-state index contributed by atoms with van der Waals surface area (Å²) in [4.78, 5) is 0. The molecule has 0 heterocycles. The van der Waals surface area contributed by atoms with Gasteiger partial charge in [0.05, 0.1) is 7.11 Å². The summed E-state index contributed by atoms with van der Waals surface area (Å²) in [7, 11) is 1.58. The highest BCUT2D eigenvalue weighted by molar-refractivity contribution is 5.28. The standard InChI is InChI=1S/C9H13NO/c1-10-7-8-4-3-5-9(6-8)11-2/h3-6,10H,7H2,1-2H3/i1D3. The molecule has 1 aromatic carbocycles. The van der Waals surface area contributed by atoms with Gasteiger partial charge in [0, 0.05) is 10.7 Å². The molecule has 1 aromatic rings. The van der Waals surface area contributed by atoms with E-state index in [1.165, 1.54) is 0 Å². The van der Waals surface area contributed by atoms with Crippen molar-refractivity contribution in [1.29, 1.82) is 0 Å². The first-order valence-electron chi connectivity index (χ1n) is 4.89. The van der Waals surface area contributed by atoms with Crippen LogP contribution in [-0.4, -0.2) is 14.1 Å². The molecule has 0 amide bonds. The van der Waals surface area contributed by atoms with Gasteiger partial charge in [0.15, 0.2) is 0 Å². The average Bonchev–Trinajstić information content (AvgIpc) is 2.14. The Labute approximate surface area is 71.4 Å². The lowest BCUT2D eigenvalue weighted by Gasteiger charge is -2.02. The number of hydrogen-bond donors (Lipinski definition) is 1. The quantitative estimate of drug-likeness (QED) is 0.710. The fourth-order valence-corrected chi connectivity index (χ4v) is 0.884. The third-order valence-electron chi connectivity index (χ3n) is 1.43. The molecule has 0 fully saturated rings. The van der Waals surface area contributed by atoms with E-state index in [0.717, 1.165) is 11.3 Å². The Morgan fingerprint density at radius 1 is 1.64 bits per heavy atom. The fraction of sp³-hybridized carbons (Fsp3) is 0.333. The Morgan fingerprint density at radius 2 is 2.55 bits per heavy atom. The molecule has 1 N–H and O–H groups in total. The third kappa shape index (κ3) is 2.24. The number of nitrogens with one attached hydrogen (secondary N) is 1. The Morgan fingerprint density at radius 3 is 3.27 bits per heavy atom. The van der Waals surface area contributed by atoms with Crippen molar-refractivity contribution in [2.24, 2.45) is 0 Å². The zero-order chi connectivity index (χ0) is 10.6. The normalized spacial score (nSPS) is 14.8. The zero-order valence-electron chi connectivity index (χ0n) is 9.42. The Bertz CT molecular complexity index is 298. The van der Waals surface area contributed by atoms with E-state index in [1.807, 2.05) is 18.2 Å². The van der Waals surface area contributed by atoms with E-state index in [0.29, 0.717) is 6.54 Å². The number of ether oxygens (including phenoxy) is 1. The summed E-state index contributed by atoms with van der Waals surface area (Å²) in [6.07, 6.45) is 0. The van der Waals surface area contributed by atoms with Gasteiger partial charge >= 0.3 is 0 Å².